The lowest BCUT2D eigenvalue weighted by molar-refractivity contribution is 0.440. The second-order valence-electron chi connectivity index (χ2n) is 4.44. The van der Waals surface area contributed by atoms with Crippen LogP contribution in [0.5, 0.6) is 0 Å². The predicted octanol–water partition coefficient (Wildman–Crippen LogP) is 3.06. The molecule has 1 aromatic carbocycles. The van der Waals surface area contributed by atoms with E-state index in [1.807, 2.05) is 12.1 Å². The van der Waals surface area contributed by atoms with Crippen LogP contribution < -0.4 is 5.73 Å². The zero-order valence-corrected chi connectivity index (χ0v) is 8.95. The smallest absolute Gasteiger partial charge is 0.123 e. The van der Waals surface area contributed by atoms with Gasteiger partial charge in [-0.2, -0.15) is 0 Å². The molecule has 0 aliphatic heterocycles. The van der Waals surface area contributed by atoms with Crippen molar-refractivity contribution in [3.8, 4) is 0 Å². The van der Waals surface area contributed by atoms with Gasteiger partial charge in [0, 0.05) is 0 Å². The lowest BCUT2D eigenvalue weighted by Gasteiger charge is -2.22. The van der Waals surface area contributed by atoms with E-state index in [2.05, 4.69) is 0 Å². The van der Waals surface area contributed by atoms with Crippen molar-refractivity contribution >= 4 is 0 Å². The second-order valence-corrected chi connectivity index (χ2v) is 4.44. The molecular weight excluding hydrogens is 189 g/mol. The summed E-state index contributed by atoms with van der Waals surface area (Å²) in [5.74, 6) is 0.967. The van der Waals surface area contributed by atoms with Crippen LogP contribution in [-0.2, 0) is 0 Å². The molecule has 1 unspecified atom stereocenters. The Morgan fingerprint density at radius 1 is 1.20 bits per heavy atom. The fourth-order valence-electron chi connectivity index (χ4n) is 2.67. The van der Waals surface area contributed by atoms with Gasteiger partial charge in [-0.05, 0) is 48.9 Å². The van der Waals surface area contributed by atoms with Crippen molar-refractivity contribution in [2.75, 3.05) is 6.54 Å². The summed E-state index contributed by atoms with van der Waals surface area (Å²) in [6.45, 7) is 0.677. The third kappa shape index (κ3) is 2.37. The van der Waals surface area contributed by atoms with Crippen molar-refractivity contribution in [3.63, 3.8) is 0 Å². The predicted molar refractivity (Wildman–Crippen MR) is 60.2 cm³/mol. The first-order valence-corrected chi connectivity index (χ1v) is 5.77. The Bertz CT molecular complexity index is 301. The van der Waals surface area contributed by atoms with Crippen LogP contribution in [0.4, 0.5) is 4.39 Å². The zero-order chi connectivity index (χ0) is 10.7. The van der Waals surface area contributed by atoms with Gasteiger partial charge in [0.05, 0.1) is 0 Å². The molecule has 1 nitrogen and oxygen atoms in total. The molecule has 2 N–H and O–H groups in total. The van der Waals surface area contributed by atoms with Gasteiger partial charge in [0.25, 0.3) is 0 Å². The van der Waals surface area contributed by atoms with E-state index < -0.39 is 0 Å². The first-order chi connectivity index (χ1) is 7.31. The summed E-state index contributed by atoms with van der Waals surface area (Å²) in [6, 6.07) is 6.83. The van der Waals surface area contributed by atoms with E-state index in [-0.39, 0.29) is 5.82 Å². The third-order valence-corrected chi connectivity index (χ3v) is 3.52. The van der Waals surface area contributed by atoms with Gasteiger partial charge in [0.15, 0.2) is 0 Å². The highest BCUT2D eigenvalue weighted by Gasteiger charge is 2.24. The van der Waals surface area contributed by atoms with Gasteiger partial charge in [0.2, 0.25) is 0 Å². The average molecular weight is 207 g/mol. The molecule has 0 aromatic heterocycles. The highest BCUT2D eigenvalue weighted by molar-refractivity contribution is 5.21. The number of hydrogen-bond donors (Lipinski definition) is 1. The van der Waals surface area contributed by atoms with Crippen LogP contribution in [0.1, 0.15) is 37.2 Å². The molecule has 1 fully saturated rings. The summed E-state index contributed by atoms with van der Waals surface area (Å²) >= 11 is 0. The number of nitrogens with two attached hydrogens (primary N) is 1. The molecule has 0 amide bonds. The first-order valence-electron chi connectivity index (χ1n) is 5.77. The Hall–Kier alpha value is -0.890. The molecule has 1 aliphatic rings. The largest absolute Gasteiger partial charge is 0.330 e. The van der Waals surface area contributed by atoms with E-state index >= 15 is 0 Å². The summed E-state index contributed by atoms with van der Waals surface area (Å²) in [7, 11) is 0. The molecule has 1 aromatic rings. The Labute approximate surface area is 90.5 Å². The topological polar surface area (TPSA) is 26.0 Å². The molecule has 15 heavy (non-hydrogen) atoms. The van der Waals surface area contributed by atoms with Crippen LogP contribution in [0.15, 0.2) is 24.3 Å². The fourth-order valence-corrected chi connectivity index (χ4v) is 2.67. The fraction of sp³-hybridized carbons (Fsp3) is 0.538. The minimum absolute atomic E-state index is 0.166. The van der Waals surface area contributed by atoms with Gasteiger partial charge < -0.3 is 5.73 Å². The van der Waals surface area contributed by atoms with Crippen LogP contribution in [-0.4, -0.2) is 6.54 Å². The Morgan fingerprint density at radius 3 is 2.33 bits per heavy atom. The summed E-state index contributed by atoms with van der Waals surface area (Å²) in [6.07, 6.45) is 5.20. The molecule has 1 aliphatic carbocycles. The maximum Gasteiger partial charge on any atom is 0.123 e. The van der Waals surface area contributed by atoms with Gasteiger partial charge in [-0.3, -0.25) is 0 Å². The maximum absolute atomic E-state index is 12.8. The summed E-state index contributed by atoms with van der Waals surface area (Å²) in [5, 5.41) is 0. The van der Waals surface area contributed by atoms with Crippen molar-refractivity contribution in [1.82, 2.24) is 0 Å². The van der Waals surface area contributed by atoms with Crippen molar-refractivity contribution in [2.24, 2.45) is 11.7 Å². The zero-order valence-electron chi connectivity index (χ0n) is 8.95. The summed E-state index contributed by atoms with van der Waals surface area (Å²) in [4.78, 5) is 0. The lowest BCUT2D eigenvalue weighted by Crippen LogP contribution is -2.19. The molecule has 0 saturated heterocycles. The van der Waals surface area contributed by atoms with Gasteiger partial charge >= 0.3 is 0 Å². The van der Waals surface area contributed by atoms with E-state index in [1.54, 1.807) is 0 Å². The maximum atomic E-state index is 12.8. The highest BCUT2D eigenvalue weighted by atomic mass is 19.1. The highest BCUT2D eigenvalue weighted by Crippen LogP contribution is 2.36. The van der Waals surface area contributed by atoms with E-state index in [1.165, 1.54) is 43.4 Å². The minimum atomic E-state index is -0.166. The standard InChI is InChI=1S/C13H18FN/c14-12-7-5-11(6-8-12)13(9-15)10-3-1-2-4-10/h5-8,10,13H,1-4,9,15H2. The number of hydrogen-bond acceptors (Lipinski definition) is 1. The van der Waals surface area contributed by atoms with Crippen LogP contribution in [0.3, 0.4) is 0 Å². The van der Waals surface area contributed by atoms with Gasteiger partial charge in [0.1, 0.15) is 5.82 Å². The summed E-state index contributed by atoms with van der Waals surface area (Å²) < 4.78 is 12.8. The molecule has 2 heteroatoms. The van der Waals surface area contributed by atoms with Gasteiger partial charge in [-0.25, -0.2) is 4.39 Å². The molecule has 0 bridgehead atoms. The van der Waals surface area contributed by atoms with Crippen LogP contribution >= 0.6 is 0 Å². The Kier molecular flexibility index (Phi) is 3.37. The van der Waals surface area contributed by atoms with Crippen molar-refractivity contribution in [1.29, 1.82) is 0 Å². The summed E-state index contributed by atoms with van der Waals surface area (Å²) in [5.41, 5.74) is 7.03. The molecular formula is C13H18FN. The molecule has 0 heterocycles. The van der Waals surface area contributed by atoms with E-state index in [4.69, 9.17) is 5.73 Å². The van der Waals surface area contributed by atoms with E-state index in [0.29, 0.717) is 18.4 Å². The quantitative estimate of drug-likeness (QED) is 0.810. The third-order valence-electron chi connectivity index (χ3n) is 3.52. The van der Waals surface area contributed by atoms with Crippen molar-refractivity contribution in [2.45, 2.75) is 31.6 Å². The SMILES string of the molecule is NCC(c1ccc(F)cc1)C1CCCC1. The molecule has 2 rings (SSSR count). The van der Waals surface area contributed by atoms with Crippen LogP contribution in [0, 0.1) is 11.7 Å². The molecule has 1 atom stereocenters. The number of benzene rings is 1. The van der Waals surface area contributed by atoms with E-state index in [9.17, 15) is 4.39 Å². The molecule has 82 valence electrons. The minimum Gasteiger partial charge on any atom is -0.330 e. The normalized spacial score (nSPS) is 19.3. The van der Waals surface area contributed by atoms with Crippen LogP contribution in [0.2, 0.25) is 0 Å². The van der Waals surface area contributed by atoms with E-state index in [0.717, 1.165) is 0 Å². The van der Waals surface area contributed by atoms with Crippen molar-refractivity contribution in [3.05, 3.63) is 35.6 Å². The first kappa shape index (κ1) is 10.6. The number of halogens is 1. The van der Waals surface area contributed by atoms with Gasteiger partial charge in [-0.15, -0.1) is 0 Å². The average Bonchev–Trinajstić information content (AvgIpc) is 2.75. The molecule has 0 spiro atoms. The van der Waals surface area contributed by atoms with Crippen LogP contribution in [0.25, 0.3) is 0 Å². The monoisotopic (exact) mass is 207 g/mol. The lowest BCUT2D eigenvalue weighted by atomic mass is 9.85. The van der Waals surface area contributed by atoms with Crippen molar-refractivity contribution < 1.29 is 4.39 Å². The molecule has 0 radical (unpaired) electrons. The number of rotatable bonds is 3. The second kappa shape index (κ2) is 4.75. The van der Waals surface area contributed by atoms with Gasteiger partial charge in [-0.1, -0.05) is 25.0 Å². The molecule has 1 saturated carbocycles. The Balaban J connectivity index is 2.14. The Morgan fingerprint density at radius 2 is 1.80 bits per heavy atom.